The predicted octanol–water partition coefficient (Wildman–Crippen LogP) is 2.59. The number of aliphatic hydroxyl groups is 1. The Hall–Kier alpha value is -0.610. The smallest absolute Gasteiger partial charge is 0.335 e. The molecule has 1 fully saturated rings. The lowest BCUT2D eigenvalue weighted by Crippen LogP contribution is -2.45. The SMILES string of the molecule is CCC1CCCC(OC(C)C(C)O)(C(=O)O)CC1. The highest BCUT2D eigenvalue weighted by Gasteiger charge is 2.42. The average molecular weight is 258 g/mol. The number of ether oxygens (including phenoxy) is 1. The minimum Gasteiger partial charge on any atom is -0.479 e. The third-order valence-electron chi connectivity index (χ3n) is 4.21. The van der Waals surface area contributed by atoms with Gasteiger partial charge in [-0.15, -0.1) is 0 Å². The summed E-state index contributed by atoms with van der Waals surface area (Å²) in [4.78, 5) is 11.6. The van der Waals surface area contributed by atoms with Gasteiger partial charge in [-0.25, -0.2) is 4.79 Å². The van der Waals surface area contributed by atoms with Crippen molar-refractivity contribution in [2.45, 2.75) is 77.1 Å². The van der Waals surface area contributed by atoms with E-state index in [2.05, 4.69) is 6.92 Å². The van der Waals surface area contributed by atoms with Crippen LogP contribution in [0.3, 0.4) is 0 Å². The van der Waals surface area contributed by atoms with Crippen LogP contribution in [0.5, 0.6) is 0 Å². The van der Waals surface area contributed by atoms with E-state index in [1.165, 1.54) is 0 Å². The molecule has 1 saturated carbocycles. The molecule has 0 saturated heterocycles. The molecular weight excluding hydrogens is 232 g/mol. The van der Waals surface area contributed by atoms with Crippen molar-refractivity contribution in [3.8, 4) is 0 Å². The van der Waals surface area contributed by atoms with Crippen LogP contribution in [0, 0.1) is 5.92 Å². The van der Waals surface area contributed by atoms with Crippen molar-refractivity contribution >= 4 is 5.97 Å². The molecule has 0 aromatic rings. The standard InChI is InChI=1S/C14H26O4/c1-4-12-6-5-8-14(9-7-12,13(16)17)18-11(3)10(2)15/h10-12,15H,4-9H2,1-3H3,(H,16,17). The number of hydrogen-bond acceptors (Lipinski definition) is 3. The summed E-state index contributed by atoms with van der Waals surface area (Å²) in [6.07, 6.45) is 3.98. The van der Waals surface area contributed by atoms with Crippen LogP contribution in [0.25, 0.3) is 0 Å². The molecular formula is C14H26O4. The van der Waals surface area contributed by atoms with Crippen molar-refractivity contribution < 1.29 is 19.7 Å². The van der Waals surface area contributed by atoms with Crippen molar-refractivity contribution in [3.05, 3.63) is 0 Å². The van der Waals surface area contributed by atoms with Crippen molar-refractivity contribution in [3.63, 3.8) is 0 Å². The van der Waals surface area contributed by atoms with Crippen molar-refractivity contribution in [1.29, 1.82) is 0 Å². The van der Waals surface area contributed by atoms with E-state index in [9.17, 15) is 15.0 Å². The second kappa shape index (κ2) is 6.53. The fourth-order valence-electron chi connectivity index (χ4n) is 2.63. The van der Waals surface area contributed by atoms with Crippen LogP contribution in [0.15, 0.2) is 0 Å². The number of carbonyl (C=O) groups is 1. The van der Waals surface area contributed by atoms with Gasteiger partial charge in [0.05, 0.1) is 12.2 Å². The molecule has 4 heteroatoms. The van der Waals surface area contributed by atoms with Crippen LogP contribution >= 0.6 is 0 Å². The van der Waals surface area contributed by atoms with E-state index in [1.54, 1.807) is 13.8 Å². The molecule has 0 bridgehead atoms. The van der Waals surface area contributed by atoms with Gasteiger partial charge in [0.2, 0.25) is 0 Å². The molecule has 0 aromatic heterocycles. The van der Waals surface area contributed by atoms with E-state index < -0.39 is 23.8 Å². The van der Waals surface area contributed by atoms with Gasteiger partial charge in [-0.05, 0) is 45.4 Å². The second-order valence-electron chi connectivity index (χ2n) is 5.57. The van der Waals surface area contributed by atoms with E-state index in [-0.39, 0.29) is 0 Å². The van der Waals surface area contributed by atoms with E-state index in [1.807, 2.05) is 0 Å². The summed E-state index contributed by atoms with van der Waals surface area (Å²) in [7, 11) is 0. The molecule has 1 aliphatic rings. The first kappa shape index (κ1) is 15.4. The highest BCUT2D eigenvalue weighted by atomic mass is 16.5. The maximum Gasteiger partial charge on any atom is 0.335 e. The molecule has 4 atom stereocenters. The lowest BCUT2D eigenvalue weighted by atomic mass is 9.92. The number of aliphatic hydroxyl groups excluding tert-OH is 1. The largest absolute Gasteiger partial charge is 0.479 e. The minimum absolute atomic E-state index is 0.445. The van der Waals surface area contributed by atoms with Crippen LogP contribution in [-0.4, -0.2) is 34.0 Å². The van der Waals surface area contributed by atoms with E-state index in [4.69, 9.17) is 4.74 Å². The molecule has 18 heavy (non-hydrogen) atoms. The Balaban J connectivity index is 2.77. The lowest BCUT2D eigenvalue weighted by molar-refractivity contribution is -0.183. The molecule has 1 aliphatic carbocycles. The fourth-order valence-corrected chi connectivity index (χ4v) is 2.63. The molecule has 0 amide bonds. The third kappa shape index (κ3) is 3.69. The second-order valence-corrected chi connectivity index (χ2v) is 5.57. The number of carboxylic acid groups (broad SMARTS) is 1. The van der Waals surface area contributed by atoms with Gasteiger partial charge in [-0.1, -0.05) is 19.8 Å². The van der Waals surface area contributed by atoms with Gasteiger partial charge >= 0.3 is 5.97 Å². The van der Waals surface area contributed by atoms with E-state index in [0.29, 0.717) is 18.8 Å². The first-order valence-corrected chi connectivity index (χ1v) is 7.00. The zero-order valence-electron chi connectivity index (χ0n) is 11.7. The topological polar surface area (TPSA) is 66.8 Å². The molecule has 1 rings (SSSR count). The zero-order chi connectivity index (χ0) is 13.8. The van der Waals surface area contributed by atoms with Gasteiger partial charge < -0.3 is 14.9 Å². The van der Waals surface area contributed by atoms with Gasteiger partial charge in [0, 0.05) is 0 Å². The third-order valence-corrected chi connectivity index (χ3v) is 4.21. The molecule has 0 radical (unpaired) electrons. The van der Waals surface area contributed by atoms with Crippen LogP contribution in [-0.2, 0) is 9.53 Å². The molecule has 0 heterocycles. The van der Waals surface area contributed by atoms with Gasteiger partial charge in [-0.3, -0.25) is 0 Å². The van der Waals surface area contributed by atoms with Crippen LogP contribution in [0.4, 0.5) is 0 Å². The summed E-state index contributed by atoms with van der Waals surface area (Å²) in [6, 6.07) is 0. The zero-order valence-corrected chi connectivity index (χ0v) is 11.7. The van der Waals surface area contributed by atoms with E-state index in [0.717, 1.165) is 25.7 Å². The quantitative estimate of drug-likeness (QED) is 0.744. The Morgan fingerprint density at radius 3 is 2.56 bits per heavy atom. The number of aliphatic carboxylic acids is 1. The molecule has 0 aliphatic heterocycles. The summed E-state index contributed by atoms with van der Waals surface area (Å²) < 4.78 is 5.73. The maximum atomic E-state index is 11.6. The van der Waals surface area contributed by atoms with E-state index >= 15 is 0 Å². The first-order valence-electron chi connectivity index (χ1n) is 7.00. The number of rotatable bonds is 5. The van der Waals surface area contributed by atoms with Crippen molar-refractivity contribution in [1.82, 2.24) is 0 Å². The summed E-state index contributed by atoms with van der Waals surface area (Å²) in [6.45, 7) is 5.51. The van der Waals surface area contributed by atoms with Gasteiger partial charge in [0.25, 0.3) is 0 Å². The Morgan fingerprint density at radius 2 is 2.06 bits per heavy atom. The average Bonchev–Trinajstić information content (AvgIpc) is 2.52. The molecule has 4 unspecified atom stereocenters. The Labute approximate surface area is 109 Å². The Kier molecular flexibility index (Phi) is 5.60. The minimum atomic E-state index is -1.10. The number of hydrogen-bond donors (Lipinski definition) is 2. The Bertz CT molecular complexity index is 277. The maximum absolute atomic E-state index is 11.6. The molecule has 4 nitrogen and oxygen atoms in total. The van der Waals surface area contributed by atoms with Crippen LogP contribution in [0.2, 0.25) is 0 Å². The van der Waals surface area contributed by atoms with Crippen LogP contribution < -0.4 is 0 Å². The highest BCUT2D eigenvalue weighted by molar-refractivity contribution is 5.77. The van der Waals surface area contributed by atoms with Gasteiger partial charge in [0.1, 0.15) is 0 Å². The molecule has 0 spiro atoms. The summed E-state index contributed by atoms with van der Waals surface area (Å²) in [5, 5.41) is 19.0. The summed E-state index contributed by atoms with van der Waals surface area (Å²) in [5.74, 6) is -0.275. The van der Waals surface area contributed by atoms with Crippen LogP contribution in [0.1, 0.15) is 59.3 Å². The predicted molar refractivity (Wildman–Crippen MR) is 69.5 cm³/mol. The lowest BCUT2D eigenvalue weighted by Gasteiger charge is -2.32. The molecule has 106 valence electrons. The molecule has 2 N–H and O–H groups in total. The number of carboxylic acids is 1. The summed E-state index contributed by atoms with van der Waals surface area (Å²) in [5.41, 5.74) is -1.10. The normalized spacial score (nSPS) is 32.6. The first-order chi connectivity index (χ1) is 8.41. The summed E-state index contributed by atoms with van der Waals surface area (Å²) >= 11 is 0. The monoisotopic (exact) mass is 258 g/mol. The van der Waals surface area contributed by atoms with Gasteiger partial charge in [0.15, 0.2) is 5.60 Å². The van der Waals surface area contributed by atoms with Crippen molar-refractivity contribution in [2.24, 2.45) is 5.92 Å². The molecule has 0 aromatic carbocycles. The van der Waals surface area contributed by atoms with Gasteiger partial charge in [-0.2, -0.15) is 0 Å². The fraction of sp³-hybridized carbons (Fsp3) is 0.929. The van der Waals surface area contributed by atoms with Crippen molar-refractivity contribution in [2.75, 3.05) is 0 Å². The highest BCUT2D eigenvalue weighted by Crippen LogP contribution is 2.35. The Morgan fingerprint density at radius 1 is 1.39 bits per heavy atom.